The Labute approximate surface area is 173 Å². The molecule has 0 saturated carbocycles. The number of hydrogen-bond acceptors (Lipinski definition) is 7. The normalized spacial score (nSPS) is 12.4. The van der Waals surface area contributed by atoms with Crippen LogP contribution in [0.3, 0.4) is 0 Å². The molecule has 1 amide bonds. The molecule has 1 atom stereocenters. The standard InChI is InChI=1S/C18H21N3O6S2/c1-12(28-14-7-5-13(6-8-14)21(23)24)18(22)19-16-11-15(9-10-17(16)27-4)29(25,26)20(2)3/h5-12H,1-4H3,(H,19,22)/t12-/m0/s1. The number of carbonyl (C=O) groups excluding carboxylic acids is 1. The molecule has 29 heavy (non-hydrogen) atoms. The number of anilines is 1. The second-order valence-electron chi connectivity index (χ2n) is 6.15. The van der Waals surface area contributed by atoms with E-state index >= 15 is 0 Å². The van der Waals surface area contributed by atoms with Crippen LogP contribution in [0.4, 0.5) is 11.4 Å². The van der Waals surface area contributed by atoms with E-state index in [9.17, 15) is 23.3 Å². The molecular weight excluding hydrogens is 418 g/mol. The zero-order valence-electron chi connectivity index (χ0n) is 16.3. The molecule has 0 bridgehead atoms. The summed E-state index contributed by atoms with van der Waals surface area (Å²) < 4.78 is 31.0. The second-order valence-corrected chi connectivity index (χ2v) is 9.72. The summed E-state index contributed by atoms with van der Waals surface area (Å²) in [4.78, 5) is 23.5. The highest BCUT2D eigenvalue weighted by atomic mass is 32.2. The largest absolute Gasteiger partial charge is 0.495 e. The number of nitro benzene ring substituents is 1. The molecule has 0 spiro atoms. The van der Waals surface area contributed by atoms with E-state index in [-0.39, 0.29) is 22.2 Å². The molecule has 0 aliphatic rings. The van der Waals surface area contributed by atoms with Gasteiger partial charge in [-0.3, -0.25) is 14.9 Å². The van der Waals surface area contributed by atoms with E-state index in [1.165, 1.54) is 63.3 Å². The van der Waals surface area contributed by atoms with Crippen LogP contribution >= 0.6 is 11.8 Å². The third kappa shape index (κ3) is 5.46. The van der Waals surface area contributed by atoms with Crippen LogP contribution in [0.2, 0.25) is 0 Å². The van der Waals surface area contributed by atoms with Gasteiger partial charge in [-0.15, -0.1) is 11.8 Å². The van der Waals surface area contributed by atoms with Gasteiger partial charge in [-0.05, 0) is 37.3 Å². The second kappa shape index (κ2) is 9.25. The summed E-state index contributed by atoms with van der Waals surface area (Å²) in [6.07, 6.45) is 0. The number of rotatable bonds is 8. The molecule has 0 aliphatic heterocycles. The molecule has 0 aliphatic carbocycles. The molecule has 0 aromatic heterocycles. The van der Waals surface area contributed by atoms with Crippen LogP contribution in [-0.4, -0.2) is 50.0 Å². The molecule has 156 valence electrons. The molecule has 9 nitrogen and oxygen atoms in total. The zero-order valence-corrected chi connectivity index (χ0v) is 17.9. The maximum absolute atomic E-state index is 12.6. The average Bonchev–Trinajstić information content (AvgIpc) is 2.68. The Morgan fingerprint density at radius 2 is 1.83 bits per heavy atom. The minimum Gasteiger partial charge on any atom is -0.495 e. The minimum absolute atomic E-state index is 0.0225. The smallest absolute Gasteiger partial charge is 0.269 e. The maximum Gasteiger partial charge on any atom is 0.269 e. The molecule has 0 fully saturated rings. The van der Waals surface area contributed by atoms with Crippen molar-refractivity contribution < 1.29 is 22.9 Å². The van der Waals surface area contributed by atoms with Crippen molar-refractivity contribution in [2.45, 2.75) is 22.0 Å². The van der Waals surface area contributed by atoms with Crippen molar-refractivity contribution in [3.63, 3.8) is 0 Å². The first-order chi connectivity index (χ1) is 13.6. The summed E-state index contributed by atoms with van der Waals surface area (Å²) in [7, 11) is 0.578. The van der Waals surface area contributed by atoms with Crippen molar-refractivity contribution in [3.05, 3.63) is 52.6 Å². The van der Waals surface area contributed by atoms with Crippen molar-refractivity contribution in [2.75, 3.05) is 26.5 Å². The average molecular weight is 440 g/mol. The first kappa shape index (κ1) is 22.7. The molecule has 0 unspecified atom stereocenters. The predicted octanol–water partition coefficient (Wildman–Crippen LogP) is 2.97. The van der Waals surface area contributed by atoms with Gasteiger partial charge in [0.05, 0.1) is 27.9 Å². The van der Waals surface area contributed by atoms with Gasteiger partial charge in [0, 0.05) is 31.1 Å². The first-order valence-corrected chi connectivity index (χ1v) is 10.7. The number of carbonyl (C=O) groups is 1. The van der Waals surface area contributed by atoms with Gasteiger partial charge in [-0.25, -0.2) is 12.7 Å². The molecule has 0 heterocycles. The number of methoxy groups -OCH3 is 1. The summed E-state index contributed by atoms with van der Waals surface area (Å²) >= 11 is 1.22. The van der Waals surface area contributed by atoms with E-state index in [2.05, 4.69) is 5.32 Å². The summed E-state index contributed by atoms with van der Waals surface area (Å²) in [5.74, 6) is -0.0466. The number of nitro groups is 1. The monoisotopic (exact) mass is 439 g/mol. The Hall–Kier alpha value is -2.63. The van der Waals surface area contributed by atoms with Gasteiger partial charge in [0.25, 0.3) is 5.69 Å². The Morgan fingerprint density at radius 3 is 2.34 bits per heavy atom. The zero-order chi connectivity index (χ0) is 21.8. The van der Waals surface area contributed by atoms with Gasteiger partial charge in [0.15, 0.2) is 0 Å². The number of amides is 1. The fourth-order valence-corrected chi connectivity index (χ4v) is 4.09. The number of hydrogen-bond donors (Lipinski definition) is 1. The molecule has 11 heteroatoms. The van der Waals surface area contributed by atoms with Gasteiger partial charge < -0.3 is 10.1 Å². The lowest BCUT2D eigenvalue weighted by Crippen LogP contribution is -2.24. The minimum atomic E-state index is -3.67. The van der Waals surface area contributed by atoms with Crippen molar-refractivity contribution in [3.8, 4) is 5.75 Å². The van der Waals surface area contributed by atoms with Crippen molar-refractivity contribution >= 4 is 39.1 Å². The quantitative estimate of drug-likeness (QED) is 0.381. The SMILES string of the molecule is COc1ccc(S(=O)(=O)N(C)C)cc1NC(=O)[C@H](C)Sc1ccc([N+](=O)[O-])cc1. The van der Waals surface area contributed by atoms with E-state index in [0.717, 1.165) is 4.31 Å². The highest BCUT2D eigenvalue weighted by Gasteiger charge is 2.21. The van der Waals surface area contributed by atoms with Crippen LogP contribution in [0.15, 0.2) is 52.3 Å². The Balaban J connectivity index is 2.19. The van der Waals surface area contributed by atoms with Crippen molar-refractivity contribution in [1.29, 1.82) is 0 Å². The number of benzene rings is 2. The third-order valence-electron chi connectivity index (χ3n) is 3.94. The van der Waals surface area contributed by atoms with Crippen LogP contribution in [0, 0.1) is 10.1 Å². The summed E-state index contributed by atoms with van der Waals surface area (Å²) in [6.45, 7) is 1.67. The van der Waals surface area contributed by atoms with Crippen LogP contribution in [0.1, 0.15) is 6.92 Å². The van der Waals surface area contributed by atoms with Gasteiger partial charge in [-0.2, -0.15) is 0 Å². The van der Waals surface area contributed by atoms with E-state index in [1.807, 2.05) is 0 Å². The number of nitrogens with one attached hydrogen (secondary N) is 1. The molecule has 0 saturated heterocycles. The summed E-state index contributed by atoms with van der Waals surface area (Å²) in [5, 5.41) is 12.9. The topological polar surface area (TPSA) is 119 Å². The van der Waals surface area contributed by atoms with Gasteiger partial charge in [-0.1, -0.05) is 0 Å². The molecule has 2 aromatic carbocycles. The van der Waals surface area contributed by atoms with E-state index in [1.54, 1.807) is 19.1 Å². The highest BCUT2D eigenvalue weighted by molar-refractivity contribution is 8.00. The Kier molecular flexibility index (Phi) is 7.22. The van der Waals surface area contributed by atoms with Crippen LogP contribution in [0.5, 0.6) is 5.75 Å². The number of thioether (sulfide) groups is 1. The predicted molar refractivity (Wildman–Crippen MR) is 111 cm³/mol. The van der Waals surface area contributed by atoms with Gasteiger partial charge in [0.2, 0.25) is 15.9 Å². The lowest BCUT2D eigenvalue weighted by Gasteiger charge is -2.17. The highest BCUT2D eigenvalue weighted by Crippen LogP contribution is 2.30. The van der Waals surface area contributed by atoms with Crippen LogP contribution in [0.25, 0.3) is 0 Å². The molecule has 2 rings (SSSR count). The van der Waals surface area contributed by atoms with Crippen LogP contribution < -0.4 is 10.1 Å². The Morgan fingerprint density at radius 1 is 1.21 bits per heavy atom. The molecule has 0 radical (unpaired) electrons. The van der Waals surface area contributed by atoms with E-state index < -0.39 is 20.2 Å². The fourth-order valence-electron chi connectivity index (χ4n) is 2.29. The summed E-state index contributed by atoms with van der Waals surface area (Å²) in [6, 6.07) is 10.1. The van der Waals surface area contributed by atoms with E-state index in [0.29, 0.717) is 10.6 Å². The first-order valence-electron chi connectivity index (χ1n) is 8.38. The number of nitrogens with zero attached hydrogens (tertiary/aromatic N) is 2. The number of ether oxygens (including phenoxy) is 1. The van der Waals surface area contributed by atoms with Crippen molar-refractivity contribution in [2.24, 2.45) is 0 Å². The van der Waals surface area contributed by atoms with E-state index in [4.69, 9.17) is 4.74 Å². The number of non-ortho nitro benzene ring substituents is 1. The van der Waals surface area contributed by atoms with Gasteiger partial charge >= 0.3 is 0 Å². The summed E-state index contributed by atoms with van der Waals surface area (Å²) in [5.41, 5.74) is 0.201. The lowest BCUT2D eigenvalue weighted by molar-refractivity contribution is -0.384. The number of sulfonamides is 1. The lowest BCUT2D eigenvalue weighted by atomic mass is 10.3. The fraction of sp³-hybridized carbons (Fsp3) is 0.278. The molecular formula is C18H21N3O6S2. The Bertz CT molecular complexity index is 1010. The maximum atomic E-state index is 12.6. The third-order valence-corrected chi connectivity index (χ3v) is 6.86. The van der Waals surface area contributed by atoms with Gasteiger partial charge in [0.1, 0.15) is 5.75 Å². The van der Waals surface area contributed by atoms with Crippen molar-refractivity contribution in [1.82, 2.24) is 4.31 Å². The molecule has 1 N–H and O–H groups in total. The molecule has 2 aromatic rings. The van der Waals surface area contributed by atoms with Crippen LogP contribution in [-0.2, 0) is 14.8 Å².